The second kappa shape index (κ2) is 3.82. The van der Waals surface area contributed by atoms with Crippen molar-refractivity contribution < 1.29 is 0 Å². The summed E-state index contributed by atoms with van der Waals surface area (Å²) in [6.07, 6.45) is 8.75. The Bertz CT molecular complexity index is 184. The molecule has 3 fully saturated rings. The maximum atomic E-state index is 3.89. The summed E-state index contributed by atoms with van der Waals surface area (Å²) in [4.78, 5) is 0. The van der Waals surface area contributed by atoms with Gasteiger partial charge in [0.05, 0.1) is 0 Å². The summed E-state index contributed by atoms with van der Waals surface area (Å²) in [6, 6.07) is 1.72. The lowest BCUT2D eigenvalue weighted by molar-refractivity contribution is 0.342. The van der Waals surface area contributed by atoms with Crippen molar-refractivity contribution in [2.45, 2.75) is 50.6 Å². The minimum atomic E-state index is 0.849. The molecule has 3 unspecified atom stereocenters. The molecule has 2 nitrogen and oxygen atoms in total. The molecule has 2 N–H and O–H groups in total. The normalized spacial score (nSPS) is 44.1. The van der Waals surface area contributed by atoms with E-state index in [1.165, 1.54) is 51.6 Å². The SMILES string of the molecule is C1CCC(C2CC3CNCCC3N2)C1. The molecule has 0 aromatic heterocycles. The molecule has 0 aromatic rings. The van der Waals surface area contributed by atoms with Crippen LogP contribution in [0, 0.1) is 11.8 Å². The summed E-state index contributed by atoms with van der Waals surface area (Å²) in [5.41, 5.74) is 0. The summed E-state index contributed by atoms with van der Waals surface area (Å²) in [7, 11) is 0. The van der Waals surface area contributed by atoms with E-state index in [-0.39, 0.29) is 0 Å². The van der Waals surface area contributed by atoms with Crippen molar-refractivity contribution in [3.8, 4) is 0 Å². The van der Waals surface area contributed by atoms with Gasteiger partial charge in [0.25, 0.3) is 0 Å². The van der Waals surface area contributed by atoms with Gasteiger partial charge in [0, 0.05) is 12.1 Å². The Morgan fingerprint density at radius 3 is 2.50 bits per heavy atom. The smallest absolute Gasteiger partial charge is 0.0123 e. The van der Waals surface area contributed by atoms with E-state index in [1.807, 2.05) is 0 Å². The minimum Gasteiger partial charge on any atom is -0.316 e. The molecule has 1 saturated carbocycles. The molecule has 2 aliphatic heterocycles. The van der Waals surface area contributed by atoms with Gasteiger partial charge < -0.3 is 10.6 Å². The summed E-state index contributed by atoms with van der Waals surface area (Å²) < 4.78 is 0. The summed E-state index contributed by atoms with van der Waals surface area (Å²) >= 11 is 0. The molecular weight excluding hydrogens is 172 g/mol. The maximum Gasteiger partial charge on any atom is 0.0123 e. The summed E-state index contributed by atoms with van der Waals surface area (Å²) in [5, 5.41) is 7.42. The van der Waals surface area contributed by atoms with Crippen molar-refractivity contribution in [2.24, 2.45) is 11.8 Å². The molecule has 2 heteroatoms. The molecule has 0 bridgehead atoms. The average Bonchev–Trinajstić information content (AvgIpc) is 2.86. The van der Waals surface area contributed by atoms with E-state index in [2.05, 4.69) is 10.6 Å². The fourth-order valence-electron chi connectivity index (χ4n) is 3.75. The van der Waals surface area contributed by atoms with Gasteiger partial charge in [-0.3, -0.25) is 0 Å². The average molecular weight is 194 g/mol. The number of rotatable bonds is 1. The Kier molecular flexibility index (Phi) is 2.50. The Balaban J connectivity index is 1.61. The molecule has 0 radical (unpaired) electrons. The first-order chi connectivity index (χ1) is 6.93. The van der Waals surface area contributed by atoms with E-state index in [1.54, 1.807) is 0 Å². The second-order valence-electron chi connectivity index (χ2n) is 5.41. The third kappa shape index (κ3) is 1.59. The van der Waals surface area contributed by atoms with Crippen LogP contribution >= 0.6 is 0 Å². The zero-order valence-electron chi connectivity index (χ0n) is 8.97. The van der Waals surface area contributed by atoms with Crippen LogP contribution in [0.4, 0.5) is 0 Å². The molecule has 2 heterocycles. The van der Waals surface area contributed by atoms with Gasteiger partial charge in [0.1, 0.15) is 0 Å². The topological polar surface area (TPSA) is 24.1 Å². The Hall–Kier alpha value is -0.0800. The van der Waals surface area contributed by atoms with Crippen LogP contribution in [-0.2, 0) is 0 Å². The highest BCUT2D eigenvalue weighted by Crippen LogP contribution is 2.35. The fourth-order valence-corrected chi connectivity index (χ4v) is 3.75. The van der Waals surface area contributed by atoms with Crippen LogP contribution in [0.25, 0.3) is 0 Å². The van der Waals surface area contributed by atoms with Crippen molar-refractivity contribution in [3.05, 3.63) is 0 Å². The number of hydrogen-bond donors (Lipinski definition) is 2. The molecular formula is C12H22N2. The van der Waals surface area contributed by atoms with Gasteiger partial charge in [-0.25, -0.2) is 0 Å². The molecule has 3 rings (SSSR count). The Morgan fingerprint density at radius 2 is 1.71 bits per heavy atom. The van der Waals surface area contributed by atoms with Gasteiger partial charge in [0.2, 0.25) is 0 Å². The van der Waals surface area contributed by atoms with Crippen LogP contribution in [0.5, 0.6) is 0 Å². The standard InChI is InChI=1S/C12H22N2/c1-2-4-9(3-1)12-7-10-8-13-6-5-11(10)14-12/h9-14H,1-8H2. The molecule has 14 heavy (non-hydrogen) atoms. The largest absolute Gasteiger partial charge is 0.316 e. The minimum absolute atomic E-state index is 0.849. The lowest BCUT2D eigenvalue weighted by Crippen LogP contribution is -2.42. The van der Waals surface area contributed by atoms with E-state index >= 15 is 0 Å². The number of piperidine rings is 1. The highest BCUT2D eigenvalue weighted by atomic mass is 15.1. The van der Waals surface area contributed by atoms with Crippen molar-refractivity contribution in [1.29, 1.82) is 0 Å². The van der Waals surface area contributed by atoms with Gasteiger partial charge >= 0.3 is 0 Å². The molecule has 1 aliphatic carbocycles. The number of nitrogens with one attached hydrogen (secondary N) is 2. The second-order valence-corrected chi connectivity index (χ2v) is 5.41. The molecule has 0 spiro atoms. The van der Waals surface area contributed by atoms with E-state index in [0.29, 0.717) is 0 Å². The van der Waals surface area contributed by atoms with Crippen LogP contribution < -0.4 is 10.6 Å². The van der Waals surface area contributed by atoms with Crippen LogP contribution in [0.15, 0.2) is 0 Å². The van der Waals surface area contributed by atoms with Gasteiger partial charge in [-0.1, -0.05) is 12.8 Å². The lowest BCUT2D eigenvalue weighted by Gasteiger charge is -2.25. The van der Waals surface area contributed by atoms with E-state index in [9.17, 15) is 0 Å². The van der Waals surface area contributed by atoms with Crippen LogP contribution in [0.1, 0.15) is 38.5 Å². The Labute approximate surface area is 86.8 Å². The van der Waals surface area contributed by atoms with Gasteiger partial charge in [0.15, 0.2) is 0 Å². The van der Waals surface area contributed by atoms with E-state index in [4.69, 9.17) is 0 Å². The maximum absolute atomic E-state index is 3.89. The van der Waals surface area contributed by atoms with Crippen molar-refractivity contribution in [1.82, 2.24) is 10.6 Å². The lowest BCUT2D eigenvalue weighted by atomic mass is 9.90. The molecule has 80 valence electrons. The fraction of sp³-hybridized carbons (Fsp3) is 1.00. The van der Waals surface area contributed by atoms with Crippen molar-refractivity contribution >= 4 is 0 Å². The van der Waals surface area contributed by atoms with Crippen molar-refractivity contribution in [2.75, 3.05) is 13.1 Å². The molecule has 3 atom stereocenters. The van der Waals surface area contributed by atoms with Gasteiger partial charge in [-0.15, -0.1) is 0 Å². The first kappa shape index (κ1) is 9.17. The van der Waals surface area contributed by atoms with Crippen LogP contribution in [-0.4, -0.2) is 25.2 Å². The number of hydrogen-bond acceptors (Lipinski definition) is 2. The van der Waals surface area contributed by atoms with Gasteiger partial charge in [-0.05, 0) is 50.6 Å². The zero-order valence-corrected chi connectivity index (χ0v) is 8.97. The quantitative estimate of drug-likeness (QED) is 0.661. The predicted molar refractivity (Wildman–Crippen MR) is 58.3 cm³/mol. The van der Waals surface area contributed by atoms with Gasteiger partial charge in [-0.2, -0.15) is 0 Å². The van der Waals surface area contributed by atoms with E-state index in [0.717, 1.165) is 23.9 Å². The first-order valence-electron chi connectivity index (χ1n) is 6.40. The zero-order chi connectivity index (χ0) is 9.38. The monoisotopic (exact) mass is 194 g/mol. The third-order valence-electron chi connectivity index (χ3n) is 4.56. The number of fused-ring (bicyclic) bond motifs is 1. The van der Waals surface area contributed by atoms with Crippen LogP contribution in [0.2, 0.25) is 0 Å². The first-order valence-corrected chi connectivity index (χ1v) is 6.40. The molecule has 0 aromatic carbocycles. The summed E-state index contributed by atoms with van der Waals surface area (Å²) in [5.74, 6) is 1.95. The van der Waals surface area contributed by atoms with E-state index < -0.39 is 0 Å². The summed E-state index contributed by atoms with van der Waals surface area (Å²) in [6.45, 7) is 2.49. The third-order valence-corrected chi connectivity index (χ3v) is 4.56. The predicted octanol–water partition coefficient (Wildman–Crippen LogP) is 1.52. The molecule has 0 amide bonds. The van der Waals surface area contributed by atoms with Crippen molar-refractivity contribution in [3.63, 3.8) is 0 Å². The highest BCUT2D eigenvalue weighted by molar-refractivity contribution is 4.97. The Morgan fingerprint density at radius 1 is 0.857 bits per heavy atom. The van der Waals surface area contributed by atoms with Crippen LogP contribution in [0.3, 0.4) is 0 Å². The molecule has 2 saturated heterocycles. The molecule has 3 aliphatic rings. The highest BCUT2D eigenvalue weighted by Gasteiger charge is 2.38.